The van der Waals surface area contributed by atoms with E-state index < -0.39 is 6.61 Å². The van der Waals surface area contributed by atoms with Crippen molar-refractivity contribution in [3.8, 4) is 5.75 Å². The van der Waals surface area contributed by atoms with E-state index in [9.17, 15) is 8.78 Å². The van der Waals surface area contributed by atoms with Crippen molar-refractivity contribution in [1.82, 2.24) is 5.32 Å². The van der Waals surface area contributed by atoms with Gasteiger partial charge in [-0.15, -0.1) is 24.0 Å². The molecule has 0 bridgehead atoms. The number of rotatable bonds is 6. The summed E-state index contributed by atoms with van der Waals surface area (Å²) < 4.78 is 29.1. The normalized spacial score (nSPS) is 11.0. The van der Waals surface area contributed by atoms with Gasteiger partial charge in [0, 0.05) is 12.1 Å². The molecule has 7 heteroatoms. The van der Waals surface area contributed by atoms with Crippen LogP contribution in [0.25, 0.3) is 0 Å². The number of aryl methyl sites for hydroxylation is 1. The zero-order chi connectivity index (χ0) is 15.1. The molecule has 4 nitrogen and oxygen atoms in total. The van der Waals surface area contributed by atoms with Crippen LogP contribution in [0, 0.1) is 6.92 Å². The molecule has 0 radical (unpaired) electrons. The summed E-state index contributed by atoms with van der Waals surface area (Å²) in [5.41, 5.74) is 8.08. The van der Waals surface area contributed by atoms with Crippen molar-refractivity contribution in [3.05, 3.63) is 41.5 Å². The molecule has 0 unspecified atom stereocenters. The maximum absolute atomic E-state index is 12.3. The molecule has 21 heavy (non-hydrogen) atoms. The lowest BCUT2D eigenvalue weighted by atomic mass is 10.1. The predicted molar refractivity (Wildman–Crippen MR) is 91.4 cm³/mol. The molecule has 1 aromatic rings. The first kappa shape index (κ1) is 19.6. The van der Waals surface area contributed by atoms with E-state index >= 15 is 0 Å². The maximum Gasteiger partial charge on any atom is 0.387 e. The number of nitrogens with one attached hydrogen (secondary N) is 1. The maximum atomic E-state index is 12.3. The molecule has 0 fully saturated rings. The fraction of sp³-hybridized carbons (Fsp3) is 0.357. The lowest BCUT2D eigenvalue weighted by Gasteiger charge is -2.11. The lowest BCUT2D eigenvalue weighted by molar-refractivity contribution is -0.0504. The number of hydrogen-bond donors (Lipinski definition) is 2. The van der Waals surface area contributed by atoms with Crippen molar-refractivity contribution in [1.29, 1.82) is 0 Å². The molecule has 0 heterocycles. The van der Waals surface area contributed by atoms with Gasteiger partial charge < -0.3 is 15.8 Å². The highest BCUT2D eigenvalue weighted by Crippen LogP contribution is 2.22. The fourth-order valence-electron chi connectivity index (χ4n) is 1.51. The summed E-state index contributed by atoms with van der Waals surface area (Å²) in [4.78, 5) is 4.09. The van der Waals surface area contributed by atoms with Crippen LogP contribution in [0.5, 0.6) is 5.75 Å². The van der Waals surface area contributed by atoms with Crippen molar-refractivity contribution in [2.24, 2.45) is 10.7 Å². The average Bonchev–Trinajstić information content (AvgIpc) is 2.36. The summed E-state index contributed by atoms with van der Waals surface area (Å²) in [5, 5.41) is 2.87. The minimum atomic E-state index is -2.86. The Morgan fingerprint density at radius 2 is 2.14 bits per heavy atom. The van der Waals surface area contributed by atoms with Crippen molar-refractivity contribution in [2.45, 2.75) is 27.0 Å². The second-order valence-corrected chi connectivity index (χ2v) is 4.50. The number of aliphatic imine (C=N–C) groups is 1. The molecule has 0 aliphatic rings. The number of ether oxygens (including phenoxy) is 1. The van der Waals surface area contributed by atoms with Crippen LogP contribution in [-0.2, 0) is 6.54 Å². The number of alkyl halides is 2. The molecule has 118 valence electrons. The van der Waals surface area contributed by atoms with Gasteiger partial charge in [-0.3, -0.25) is 0 Å². The summed E-state index contributed by atoms with van der Waals surface area (Å²) >= 11 is 0. The number of halogens is 3. The summed E-state index contributed by atoms with van der Waals surface area (Å²) in [5.74, 6) is 0.347. The first-order valence-corrected chi connectivity index (χ1v) is 6.11. The Balaban J connectivity index is 0.00000400. The predicted octanol–water partition coefficient (Wildman–Crippen LogP) is 3.19. The molecular weight excluding hydrogens is 391 g/mol. The smallest absolute Gasteiger partial charge is 0.387 e. The molecular formula is C14H20F2IN3O. The van der Waals surface area contributed by atoms with Crippen LogP contribution < -0.4 is 15.8 Å². The van der Waals surface area contributed by atoms with Crippen molar-refractivity contribution >= 4 is 29.9 Å². The number of guanidine groups is 1. The second kappa shape index (κ2) is 9.54. The van der Waals surface area contributed by atoms with E-state index in [-0.39, 0.29) is 42.2 Å². The number of benzene rings is 1. The Morgan fingerprint density at radius 1 is 1.48 bits per heavy atom. The Labute approximate surface area is 140 Å². The number of nitrogens with two attached hydrogens (primary N) is 1. The molecule has 0 aromatic heterocycles. The third-order valence-corrected chi connectivity index (χ3v) is 2.42. The van der Waals surface area contributed by atoms with Crippen LogP contribution >= 0.6 is 24.0 Å². The Hall–Kier alpha value is -1.38. The lowest BCUT2D eigenvalue weighted by Crippen LogP contribution is -2.32. The van der Waals surface area contributed by atoms with Gasteiger partial charge in [-0.25, -0.2) is 4.99 Å². The molecule has 3 N–H and O–H groups in total. The molecule has 0 spiro atoms. The number of hydrogen-bond acceptors (Lipinski definition) is 2. The summed E-state index contributed by atoms with van der Waals surface area (Å²) in [6.07, 6.45) is 0. The van der Waals surface area contributed by atoms with Gasteiger partial charge in [0.1, 0.15) is 5.75 Å². The van der Waals surface area contributed by atoms with E-state index in [1.165, 1.54) is 6.07 Å². The van der Waals surface area contributed by atoms with Crippen LogP contribution in [0.4, 0.5) is 8.78 Å². The van der Waals surface area contributed by atoms with Crippen LogP contribution in [0.2, 0.25) is 0 Å². The Morgan fingerprint density at radius 3 is 2.71 bits per heavy atom. The third kappa shape index (κ3) is 7.84. The largest absolute Gasteiger partial charge is 0.434 e. The molecule has 1 aromatic carbocycles. The minimum absolute atomic E-state index is 0. The fourth-order valence-corrected chi connectivity index (χ4v) is 1.51. The first-order valence-electron chi connectivity index (χ1n) is 6.11. The van der Waals surface area contributed by atoms with Gasteiger partial charge in [0.15, 0.2) is 5.96 Å². The standard InChI is InChI=1S/C14H19F2N3O.HI/c1-9(2)7-18-14(17)19-8-11-6-10(3)4-5-12(11)20-13(15)16;/h4-6,13H,1,7-8H2,2-3H3,(H3,17,18,19);1H. The molecule has 0 aliphatic heterocycles. The van der Waals surface area contributed by atoms with E-state index in [0.29, 0.717) is 12.1 Å². The SMILES string of the molecule is C=C(C)CNC(N)=NCc1cc(C)ccc1OC(F)F.I. The summed E-state index contributed by atoms with van der Waals surface area (Å²) in [6.45, 7) is 5.27. The first-order chi connectivity index (χ1) is 9.38. The van der Waals surface area contributed by atoms with Crippen molar-refractivity contribution < 1.29 is 13.5 Å². The highest BCUT2D eigenvalue weighted by atomic mass is 127. The zero-order valence-electron chi connectivity index (χ0n) is 12.0. The van der Waals surface area contributed by atoms with Gasteiger partial charge in [-0.2, -0.15) is 8.78 Å². The quantitative estimate of drug-likeness (QED) is 0.327. The van der Waals surface area contributed by atoms with Crippen molar-refractivity contribution in [3.63, 3.8) is 0 Å². The molecule has 0 amide bonds. The van der Waals surface area contributed by atoms with Crippen LogP contribution in [0.15, 0.2) is 35.3 Å². The molecule has 1 rings (SSSR count). The monoisotopic (exact) mass is 411 g/mol. The van der Waals surface area contributed by atoms with Crippen LogP contribution in [0.1, 0.15) is 18.1 Å². The van der Waals surface area contributed by atoms with Gasteiger partial charge in [0.05, 0.1) is 6.54 Å². The van der Waals surface area contributed by atoms with Gasteiger partial charge in [-0.1, -0.05) is 29.8 Å². The van der Waals surface area contributed by atoms with Crippen molar-refractivity contribution in [2.75, 3.05) is 6.54 Å². The second-order valence-electron chi connectivity index (χ2n) is 4.50. The third-order valence-electron chi connectivity index (χ3n) is 2.42. The molecule has 0 aliphatic carbocycles. The topological polar surface area (TPSA) is 59.6 Å². The molecule has 0 saturated carbocycles. The minimum Gasteiger partial charge on any atom is -0.434 e. The number of nitrogens with zero attached hydrogens (tertiary/aromatic N) is 1. The van der Waals surface area contributed by atoms with Gasteiger partial charge in [0.2, 0.25) is 0 Å². The Kier molecular flexibility index (Phi) is 8.91. The van der Waals surface area contributed by atoms with Crippen LogP contribution in [0.3, 0.4) is 0 Å². The van der Waals surface area contributed by atoms with E-state index in [4.69, 9.17) is 5.73 Å². The van der Waals surface area contributed by atoms with Gasteiger partial charge >= 0.3 is 6.61 Å². The summed E-state index contributed by atoms with van der Waals surface area (Å²) in [6, 6.07) is 4.95. The van der Waals surface area contributed by atoms with E-state index in [0.717, 1.165) is 11.1 Å². The molecule has 0 atom stereocenters. The summed E-state index contributed by atoms with van der Waals surface area (Å²) in [7, 11) is 0. The highest BCUT2D eigenvalue weighted by molar-refractivity contribution is 14.0. The van der Waals surface area contributed by atoms with Gasteiger partial charge in [0.25, 0.3) is 0 Å². The van der Waals surface area contributed by atoms with Crippen LogP contribution in [-0.4, -0.2) is 19.1 Å². The Bertz CT molecular complexity index is 507. The van der Waals surface area contributed by atoms with E-state index in [1.54, 1.807) is 12.1 Å². The van der Waals surface area contributed by atoms with Gasteiger partial charge in [-0.05, 0) is 19.9 Å². The highest BCUT2D eigenvalue weighted by Gasteiger charge is 2.09. The van der Waals surface area contributed by atoms with E-state index in [2.05, 4.69) is 21.6 Å². The molecule has 0 saturated heterocycles. The zero-order valence-corrected chi connectivity index (χ0v) is 14.4. The average molecular weight is 411 g/mol. The van der Waals surface area contributed by atoms with E-state index in [1.807, 2.05) is 13.8 Å².